The molecule has 0 bridgehead atoms. The predicted octanol–water partition coefficient (Wildman–Crippen LogP) is 3.40. The van der Waals surface area contributed by atoms with Crippen molar-refractivity contribution >= 4 is 40.5 Å². The van der Waals surface area contributed by atoms with Crippen LogP contribution in [0.2, 0.25) is 0 Å². The summed E-state index contributed by atoms with van der Waals surface area (Å²) in [5, 5.41) is 5.72. The molecule has 2 aromatic rings. The number of rotatable bonds is 5. The highest BCUT2D eigenvalue weighted by Gasteiger charge is 2.20. The van der Waals surface area contributed by atoms with E-state index < -0.39 is 11.7 Å². The van der Waals surface area contributed by atoms with Gasteiger partial charge in [0, 0.05) is 49.5 Å². The molecular formula is C22H25FN4O2S. The van der Waals surface area contributed by atoms with Gasteiger partial charge in [0.25, 0.3) is 5.91 Å². The smallest absolute Gasteiger partial charge is 0.257 e. The average molecular weight is 429 g/mol. The summed E-state index contributed by atoms with van der Waals surface area (Å²) in [6.45, 7) is 5.09. The van der Waals surface area contributed by atoms with Crippen molar-refractivity contribution in [2.75, 3.05) is 36.4 Å². The molecule has 2 amide bonds. The number of hydrogen-bond donors (Lipinski definition) is 2. The minimum Gasteiger partial charge on any atom is -0.368 e. The summed E-state index contributed by atoms with van der Waals surface area (Å²) in [4.78, 5) is 28.3. The van der Waals surface area contributed by atoms with Crippen molar-refractivity contribution in [3.63, 3.8) is 0 Å². The maximum absolute atomic E-state index is 13.0. The predicted molar refractivity (Wildman–Crippen MR) is 120 cm³/mol. The third-order valence-corrected chi connectivity index (χ3v) is 5.12. The second kappa shape index (κ2) is 10.2. The number of thiocarbonyl (C=S) groups is 1. The lowest BCUT2D eigenvalue weighted by molar-refractivity contribution is -0.131. The van der Waals surface area contributed by atoms with Crippen LogP contribution in [0, 0.1) is 5.82 Å². The quantitative estimate of drug-likeness (QED) is 0.715. The van der Waals surface area contributed by atoms with Crippen LogP contribution in [0.5, 0.6) is 0 Å². The fraction of sp³-hybridized carbons (Fsp3) is 0.318. The highest BCUT2D eigenvalue weighted by molar-refractivity contribution is 7.80. The molecule has 0 atom stereocenters. The van der Waals surface area contributed by atoms with E-state index in [4.69, 9.17) is 12.2 Å². The van der Waals surface area contributed by atoms with Gasteiger partial charge in [0.15, 0.2) is 5.11 Å². The molecule has 1 heterocycles. The summed E-state index contributed by atoms with van der Waals surface area (Å²) in [5.41, 5.74) is 2.15. The minimum atomic E-state index is -0.403. The van der Waals surface area contributed by atoms with Gasteiger partial charge in [0.2, 0.25) is 5.91 Å². The van der Waals surface area contributed by atoms with Crippen molar-refractivity contribution in [1.29, 1.82) is 0 Å². The Morgan fingerprint density at radius 1 is 1.00 bits per heavy atom. The highest BCUT2D eigenvalue weighted by Crippen LogP contribution is 2.20. The molecule has 0 radical (unpaired) electrons. The number of benzene rings is 2. The van der Waals surface area contributed by atoms with Crippen molar-refractivity contribution < 1.29 is 14.0 Å². The molecule has 158 valence electrons. The number of nitrogens with one attached hydrogen (secondary N) is 2. The molecule has 2 aromatic carbocycles. The van der Waals surface area contributed by atoms with Crippen LogP contribution in [-0.4, -0.2) is 48.0 Å². The van der Waals surface area contributed by atoms with Gasteiger partial charge in [-0.3, -0.25) is 14.9 Å². The van der Waals surface area contributed by atoms with Crippen molar-refractivity contribution in [2.24, 2.45) is 0 Å². The molecule has 0 saturated carbocycles. The van der Waals surface area contributed by atoms with Crippen molar-refractivity contribution in [3.8, 4) is 0 Å². The van der Waals surface area contributed by atoms with Crippen LogP contribution >= 0.6 is 12.2 Å². The topological polar surface area (TPSA) is 64.7 Å². The van der Waals surface area contributed by atoms with E-state index in [9.17, 15) is 14.0 Å². The summed E-state index contributed by atoms with van der Waals surface area (Å²) in [6.07, 6.45) is 1.48. The summed E-state index contributed by atoms with van der Waals surface area (Å²) >= 11 is 5.19. The summed E-state index contributed by atoms with van der Waals surface area (Å²) in [6, 6.07) is 13.0. The molecule has 30 heavy (non-hydrogen) atoms. The molecule has 1 saturated heterocycles. The molecule has 8 heteroatoms. The van der Waals surface area contributed by atoms with E-state index in [1.54, 1.807) is 0 Å². The van der Waals surface area contributed by atoms with Crippen molar-refractivity contribution in [3.05, 3.63) is 59.9 Å². The van der Waals surface area contributed by atoms with Crippen molar-refractivity contribution in [1.82, 2.24) is 10.2 Å². The third kappa shape index (κ3) is 5.76. The van der Waals surface area contributed by atoms with E-state index in [1.807, 2.05) is 36.1 Å². The van der Waals surface area contributed by atoms with Gasteiger partial charge < -0.3 is 15.1 Å². The summed E-state index contributed by atoms with van der Waals surface area (Å²) in [5.74, 6) is -0.575. The van der Waals surface area contributed by atoms with Crippen LogP contribution in [0.3, 0.4) is 0 Å². The van der Waals surface area contributed by atoms with Gasteiger partial charge in [-0.1, -0.05) is 6.92 Å². The van der Waals surface area contributed by atoms with Crippen LogP contribution in [-0.2, 0) is 4.79 Å². The Labute approximate surface area is 181 Å². The molecule has 3 rings (SSSR count). The van der Waals surface area contributed by atoms with Crippen LogP contribution in [0.1, 0.15) is 30.1 Å². The molecule has 0 aliphatic carbocycles. The van der Waals surface area contributed by atoms with Crippen LogP contribution in [0.15, 0.2) is 48.5 Å². The lowest BCUT2D eigenvalue weighted by Crippen LogP contribution is -2.48. The molecule has 1 aliphatic heterocycles. The number of amides is 2. The number of halogens is 1. The lowest BCUT2D eigenvalue weighted by atomic mass is 10.2. The van der Waals surface area contributed by atoms with Gasteiger partial charge in [-0.25, -0.2) is 4.39 Å². The second-order valence-electron chi connectivity index (χ2n) is 7.08. The molecule has 1 fully saturated rings. The number of carbonyl (C=O) groups excluding carboxylic acids is 2. The Morgan fingerprint density at radius 2 is 1.63 bits per heavy atom. The standard InChI is InChI=1S/C22H25FN4O2S/c1-2-3-20(28)27-14-12-26(13-15-27)19-10-8-18(9-11-19)24-22(30)25-21(29)16-4-6-17(23)7-5-16/h4-11H,2-3,12-15H2,1H3,(H2,24,25,29,30). The zero-order chi connectivity index (χ0) is 21.5. The van der Waals surface area contributed by atoms with E-state index in [0.29, 0.717) is 12.0 Å². The minimum absolute atomic E-state index is 0.167. The van der Waals surface area contributed by atoms with Crippen LogP contribution < -0.4 is 15.5 Å². The Bertz CT molecular complexity index is 894. The van der Waals surface area contributed by atoms with Crippen LogP contribution in [0.4, 0.5) is 15.8 Å². The summed E-state index contributed by atoms with van der Waals surface area (Å²) < 4.78 is 13.0. The molecule has 0 aromatic heterocycles. The summed E-state index contributed by atoms with van der Waals surface area (Å²) in [7, 11) is 0. The van der Waals surface area contributed by atoms with Crippen molar-refractivity contribution in [2.45, 2.75) is 19.8 Å². The number of nitrogens with zero attached hydrogens (tertiary/aromatic N) is 2. The van der Waals surface area contributed by atoms with E-state index >= 15 is 0 Å². The molecule has 0 spiro atoms. The number of carbonyl (C=O) groups is 2. The van der Waals surface area contributed by atoms with E-state index in [0.717, 1.165) is 44.0 Å². The Hall–Kier alpha value is -3.00. The zero-order valence-electron chi connectivity index (χ0n) is 16.9. The normalized spacial score (nSPS) is 13.7. The molecule has 6 nitrogen and oxygen atoms in total. The Morgan fingerprint density at radius 3 is 2.23 bits per heavy atom. The maximum Gasteiger partial charge on any atom is 0.257 e. The average Bonchev–Trinajstić information content (AvgIpc) is 2.75. The van der Waals surface area contributed by atoms with Gasteiger partial charge in [0.05, 0.1) is 0 Å². The fourth-order valence-corrected chi connectivity index (χ4v) is 3.49. The SMILES string of the molecule is CCCC(=O)N1CCN(c2ccc(NC(=S)NC(=O)c3ccc(F)cc3)cc2)CC1. The van der Waals surface area contributed by atoms with Gasteiger partial charge in [-0.15, -0.1) is 0 Å². The lowest BCUT2D eigenvalue weighted by Gasteiger charge is -2.36. The van der Waals surface area contributed by atoms with Gasteiger partial charge in [0.1, 0.15) is 5.82 Å². The molecule has 2 N–H and O–H groups in total. The maximum atomic E-state index is 13.0. The third-order valence-electron chi connectivity index (χ3n) is 4.92. The van der Waals surface area contributed by atoms with E-state index in [-0.39, 0.29) is 11.0 Å². The molecular weight excluding hydrogens is 403 g/mol. The molecule has 1 aliphatic rings. The van der Waals surface area contributed by atoms with E-state index in [2.05, 4.69) is 15.5 Å². The Kier molecular flexibility index (Phi) is 7.35. The fourth-order valence-electron chi connectivity index (χ4n) is 3.28. The second-order valence-corrected chi connectivity index (χ2v) is 7.49. The van der Waals surface area contributed by atoms with Gasteiger partial charge in [-0.05, 0) is 67.2 Å². The highest BCUT2D eigenvalue weighted by atomic mass is 32.1. The number of anilines is 2. The van der Waals surface area contributed by atoms with Gasteiger partial charge in [-0.2, -0.15) is 0 Å². The number of piperazine rings is 1. The first-order valence-corrected chi connectivity index (χ1v) is 10.4. The van der Waals surface area contributed by atoms with Crippen LogP contribution in [0.25, 0.3) is 0 Å². The first-order valence-electron chi connectivity index (χ1n) is 9.97. The first kappa shape index (κ1) is 21.7. The van der Waals surface area contributed by atoms with Gasteiger partial charge >= 0.3 is 0 Å². The largest absolute Gasteiger partial charge is 0.368 e. The Balaban J connectivity index is 1.50. The van der Waals surface area contributed by atoms with E-state index in [1.165, 1.54) is 24.3 Å². The first-order chi connectivity index (χ1) is 14.5. The molecule has 0 unspecified atom stereocenters. The zero-order valence-corrected chi connectivity index (χ0v) is 17.7. The monoisotopic (exact) mass is 428 g/mol. The number of hydrogen-bond acceptors (Lipinski definition) is 4.